The Balaban J connectivity index is 1.89. The first-order chi connectivity index (χ1) is 13.8. The van der Waals surface area contributed by atoms with Gasteiger partial charge in [0.2, 0.25) is 0 Å². The summed E-state index contributed by atoms with van der Waals surface area (Å²) in [5, 5.41) is 4.02. The van der Waals surface area contributed by atoms with E-state index in [-0.39, 0.29) is 21.0 Å². The fraction of sp³-hybridized carbons (Fsp3) is 0.0526. The SMILES string of the molecule is COC(=O)c1sccc1S(=O)(=O)Nc1ccccc1C(=O)Nc1ccc(F)cc1. The molecule has 0 fully saturated rings. The van der Waals surface area contributed by atoms with Gasteiger partial charge in [0.05, 0.1) is 18.4 Å². The third kappa shape index (κ3) is 4.61. The van der Waals surface area contributed by atoms with Crippen LogP contribution in [0.25, 0.3) is 0 Å². The lowest BCUT2D eigenvalue weighted by Gasteiger charge is -2.13. The number of sulfonamides is 1. The smallest absolute Gasteiger partial charge is 0.349 e. The maximum atomic E-state index is 13.0. The fourth-order valence-electron chi connectivity index (χ4n) is 2.45. The zero-order valence-corrected chi connectivity index (χ0v) is 16.6. The number of halogens is 1. The summed E-state index contributed by atoms with van der Waals surface area (Å²) < 4.78 is 45.5. The number of rotatable bonds is 6. The third-order valence-electron chi connectivity index (χ3n) is 3.81. The molecule has 0 aliphatic heterocycles. The number of carbonyl (C=O) groups excluding carboxylic acids is 2. The van der Waals surface area contributed by atoms with E-state index in [1.165, 1.54) is 47.8 Å². The normalized spacial score (nSPS) is 11.0. The molecule has 29 heavy (non-hydrogen) atoms. The fourth-order valence-corrected chi connectivity index (χ4v) is 4.87. The number of ether oxygens (including phenoxy) is 1. The molecule has 0 spiro atoms. The van der Waals surface area contributed by atoms with Gasteiger partial charge in [0.15, 0.2) is 0 Å². The van der Waals surface area contributed by atoms with E-state index in [1.807, 2.05) is 0 Å². The summed E-state index contributed by atoms with van der Waals surface area (Å²) in [7, 11) is -3.01. The number of amides is 1. The Morgan fingerprint density at radius 2 is 1.72 bits per heavy atom. The van der Waals surface area contributed by atoms with Gasteiger partial charge in [-0.2, -0.15) is 0 Å². The average molecular weight is 434 g/mol. The first kappa shape index (κ1) is 20.5. The van der Waals surface area contributed by atoms with E-state index >= 15 is 0 Å². The predicted octanol–water partition coefficient (Wildman–Crippen LogP) is 3.73. The summed E-state index contributed by atoms with van der Waals surface area (Å²) in [6.07, 6.45) is 0. The van der Waals surface area contributed by atoms with Gasteiger partial charge in [-0.1, -0.05) is 12.1 Å². The monoisotopic (exact) mass is 434 g/mol. The lowest BCUT2D eigenvalue weighted by molar-refractivity contribution is 0.0602. The molecule has 1 heterocycles. The molecule has 150 valence electrons. The summed E-state index contributed by atoms with van der Waals surface area (Å²) >= 11 is 0.929. The summed E-state index contributed by atoms with van der Waals surface area (Å²) in [6, 6.07) is 12.4. The summed E-state index contributed by atoms with van der Waals surface area (Å²) in [5.74, 6) is -1.82. The van der Waals surface area contributed by atoms with Crippen molar-refractivity contribution in [2.75, 3.05) is 17.1 Å². The molecule has 2 N–H and O–H groups in total. The molecule has 0 saturated heterocycles. The Morgan fingerprint density at radius 1 is 1.03 bits per heavy atom. The number of nitrogens with one attached hydrogen (secondary N) is 2. The highest BCUT2D eigenvalue weighted by atomic mass is 32.2. The molecule has 10 heteroatoms. The van der Waals surface area contributed by atoms with Gasteiger partial charge in [0.25, 0.3) is 15.9 Å². The number of carbonyl (C=O) groups is 2. The van der Waals surface area contributed by atoms with Crippen molar-refractivity contribution in [1.82, 2.24) is 0 Å². The molecular weight excluding hydrogens is 419 g/mol. The number of thiophene rings is 1. The van der Waals surface area contributed by atoms with Crippen LogP contribution < -0.4 is 10.0 Å². The number of hydrogen-bond acceptors (Lipinski definition) is 6. The zero-order chi connectivity index (χ0) is 21.0. The van der Waals surface area contributed by atoms with Crippen LogP contribution in [0.3, 0.4) is 0 Å². The van der Waals surface area contributed by atoms with Crippen LogP contribution in [0.15, 0.2) is 64.9 Å². The quantitative estimate of drug-likeness (QED) is 0.576. The van der Waals surface area contributed by atoms with E-state index < -0.39 is 27.7 Å². The van der Waals surface area contributed by atoms with Gasteiger partial charge < -0.3 is 10.1 Å². The van der Waals surface area contributed by atoms with E-state index in [0.717, 1.165) is 18.4 Å². The summed E-state index contributed by atoms with van der Waals surface area (Å²) in [4.78, 5) is 24.1. The molecule has 7 nitrogen and oxygen atoms in total. The number of esters is 1. The van der Waals surface area contributed by atoms with Crippen molar-refractivity contribution in [3.05, 3.63) is 76.2 Å². The largest absolute Gasteiger partial charge is 0.465 e. The number of benzene rings is 2. The van der Waals surface area contributed by atoms with Gasteiger partial charge in [-0.05, 0) is 47.8 Å². The average Bonchev–Trinajstić information content (AvgIpc) is 3.20. The molecule has 2 aromatic carbocycles. The zero-order valence-electron chi connectivity index (χ0n) is 15.0. The number of anilines is 2. The van der Waals surface area contributed by atoms with Crippen LogP contribution in [0, 0.1) is 5.82 Å². The van der Waals surface area contributed by atoms with Crippen molar-refractivity contribution >= 4 is 44.6 Å². The van der Waals surface area contributed by atoms with E-state index in [1.54, 1.807) is 12.1 Å². The number of methoxy groups -OCH3 is 1. The lowest BCUT2D eigenvalue weighted by Crippen LogP contribution is -2.19. The minimum atomic E-state index is -4.16. The standard InChI is InChI=1S/C19H15FN2O5S2/c1-27-19(24)17-16(10-11-28-17)29(25,26)22-15-5-3-2-4-14(15)18(23)21-13-8-6-12(20)7-9-13/h2-11,22H,1H3,(H,21,23). The second-order valence-corrected chi connectivity index (χ2v) is 8.28. The highest BCUT2D eigenvalue weighted by molar-refractivity contribution is 7.93. The van der Waals surface area contributed by atoms with Gasteiger partial charge in [-0.3, -0.25) is 9.52 Å². The van der Waals surface area contributed by atoms with Crippen molar-refractivity contribution in [2.24, 2.45) is 0 Å². The molecule has 0 unspecified atom stereocenters. The highest BCUT2D eigenvalue weighted by Gasteiger charge is 2.26. The number of hydrogen-bond donors (Lipinski definition) is 2. The van der Waals surface area contributed by atoms with Gasteiger partial charge in [-0.25, -0.2) is 17.6 Å². The minimum Gasteiger partial charge on any atom is -0.465 e. The molecule has 3 rings (SSSR count). The Bertz CT molecular complexity index is 1160. The molecule has 1 aromatic heterocycles. The lowest BCUT2D eigenvalue weighted by atomic mass is 10.1. The van der Waals surface area contributed by atoms with Crippen LogP contribution >= 0.6 is 11.3 Å². The van der Waals surface area contributed by atoms with Crippen molar-refractivity contribution < 1.29 is 27.1 Å². The molecule has 0 atom stereocenters. The van der Waals surface area contributed by atoms with Gasteiger partial charge in [-0.15, -0.1) is 11.3 Å². The molecule has 1 amide bonds. The van der Waals surface area contributed by atoms with Gasteiger partial charge >= 0.3 is 5.97 Å². The molecule has 0 aliphatic rings. The summed E-state index contributed by atoms with van der Waals surface area (Å²) in [6.45, 7) is 0. The van der Waals surface area contributed by atoms with Crippen molar-refractivity contribution in [1.29, 1.82) is 0 Å². The maximum absolute atomic E-state index is 13.0. The van der Waals surface area contributed by atoms with Crippen molar-refractivity contribution in [3.8, 4) is 0 Å². The van der Waals surface area contributed by atoms with Crippen molar-refractivity contribution in [2.45, 2.75) is 4.90 Å². The first-order valence-corrected chi connectivity index (χ1v) is 10.5. The Labute approximate surface area is 170 Å². The first-order valence-electron chi connectivity index (χ1n) is 8.16. The third-order valence-corrected chi connectivity index (χ3v) is 6.24. The van der Waals surface area contributed by atoms with Crippen LogP contribution in [0.5, 0.6) is 0 Å². The van der Waals surface area contributed by atoms with Crippen LogP contribution in [0.2, 0.25) is 0 Å². The predicted molar refractivity (Wildman–Crippen MR) is 107 cm³/mol. The molecule has 0 bridgehead atoms. The van der Waals surface area contributed by atoms with Crippen LogP contribution in [-0.2, 0) is 14.8 Å². The minimum absolute atomic E-state index is 0.0223. The maximum Gasteiger partial charge on any atom is 0.349 e. The summed E-state index contributed by atoms with van der Waals surface area (Å²) in [5.41, 5.74) is 0.421. The van der Waals surface area contributed by atoms with Crippen LogP contribution in [0.1, 0.15) is 20.0 Å². The Kier molecular flexibility index (Phi) is 5.95. The topological polar surface area (TPSA) is 102 Å². The second-order valence-electron chi connectivity index (χ2n) is 5.72. The van der Waals surface area contributed by atoms with Crippen LogP contribution in [0.4, 0.5) is 15.8 Å². The van der Waals surface area contributed by atoms with Gasteiger partial charge in [0, 0.05) is 5.69 Å². The van der Waals surface area contributed by atoms with Crippen molar-refractivity contribution in [3.63, 3.8) is 0 Å². The molecule has 0 saturated carbocycles. The Hall–Kier alpha value is -3.24. The Morgan fingerprint density at radius 3 is 2.41 bits per heavy atom. The van der Waals surface area contributed by atoms with Crippen LogP contribution in [-0.4, -0.2) is 27.4 Å². The van der Waals surface area contributed by atoms with Gasteiger partial charge in [0.1, 0.15) is 15.6 Å². The van der Waals surface area contributed by atoms with E-state index in [9.17, 15) is 22.4 Å². The molecule has 0 aliphatic carbocycles. The highest BCUT2D eigenvalue weighted by Crippen LogP contribution is 2.27. The van der Waals surface area contributed by atoms with E-state index in [0.29, 0.717) is 5.69 Å². The number of para-hydroxylation sites is 1. The second kappa shape index (κ2) is 8.41. The van der Waals surface area contributed by atoms with E-state index in [2.05, 4.69) is 14.8 Å². The molecule has 0 radical (unpaired) electrons. The molecular formula is C19H15FN2O5S2. The molecule has 3 aromatic rings. The van der Waals surface area contributed by atoms with E-state index in [4.69, 9.17) is 0 Å².